The monoisotopic (exact) mass is 464 g/mol. The summed E-state index contributed by atoms with van der Waals surface area (Å²) in [5, 5.41) is 14.5. The van der Waals surface area contributed by atoms with Crippen LogP contribution in [0.15, 0.2) is 42.5 Å². The highest BCUT2D eigenvalue weighted by molar-refractivity contribution is 6.03. The van der Waals surface area contributed by atoms with Gasteiger partial charge in [-0.2, -0.15) is 0 Å². The molecule has 2 aromatic carbocycles. The number of likely N-dealkylation sites (N-methyl/N-ethyl adjacent to an activating group) is 1. The first-order valence-corrected chi connectivity index (χ1v) is 12.4. The molecule has 2 aromatic rings. The maximum absolute atomic E-state index is 13.5. The van der Waals surface area contributed by atoms with Gasteiger partial charge in [-0.25, -0.2) is 0 Å². The van der Waals surface area contributed by atoms with Crippen molar-refractivity contribution in [2.75, 3.05) is 44.2 Å². The lowest BCUT2D eigenvalue weighted by atomic mass is 9.92. The number of amides is 2. The number of nitrogens with one attached hydrogen (secondary N) is 1. The van der Waals surface area contributed by atoms with Crippen molar-refractivity contribution in [3.8, 4) is 0 Å². The Kier molecular flexibility index (Phi) is 7.54. The summed E-state index contributed by atoms with van der Waals surface area (Å²) in [7, 11) is 0. The van der Waals surface area contributed by atoms with Crippen molar-refractivity contribution in [3.63, 3.8) is 0 Å². The molecule has 2 amide bonds. The summed E-state index contributed by atoms with van der Waals surface area (Å²) >= 11 is 0. The third-order valence-electron chi connectivity index (χ3n) is 7.16. The molecule has 0 radical (unpaired) electrons. The van der Waals surface area contributed by atoms with E-state index in [9.17, 15) is 14.7 Å². The Labute approximate surface area is 202 Å². The van der Waals surface area contributed by atoms with Gasteiger partial charge >= 0.3 is 0 Å². The van der Waals surface area contributed by atoms with Gasteiger partial charge in [0.25, 0.3) is 11.8 Å². The zero-order valence-electron chi connectivity index (χ0n) is 20.5. The highest BCUT2D eigenvalue weighted by Crippen LogP contribution is 2.28. The number of nitrogens with zero attached hydrogens (tertiary/aromatic N) is 3. The Bertz CT molecular complexity index is 1040. The molecule has 182 valence electrons. The van der Waals surface area contributed by atoms with Gasteiger partial charge in [0.15, 0.2) is 0 Å². The van der Waals surface area contributed by atoms with Crippen LogP contribution in [0.25, 0.3) is 0 Å². The van der Waals surface area contributed by atoms with E-state index in [2.05, 4.69) is 29.3 Å². The van der Waals surface area contributed by atoms with E-state index in [1.54, 1.807) is 21.9 Å². The lowest BCUT2D eigenvalue weighted by Gasteiger charge is -2.33. The number of aliphatic hydroxyl groups is 1. The lowest BCUT2D eigenvalue weighted by molar-refractivity contribution is 0.0540. The molecule has 2 atom stereocenters. The molecular weight excluding hydrogens is 428 g/mol. The minimum atomic E-state index is -0.669. The van der Waals surface area contributed by atoms with E-state index in [0.717, 1.165) is 25.2 Å². The van der Waals surface area contributed by atoms with Crippen LogP contribution in [0.1, 0.15) is 52.6 Å². The van der Waals surface area contributed by atoms with Gasteiger partial charge in [-0.15, -0.1) is 0 Å². The summed E-state index contributed by atoms with van der Waals surface area (Å²) in [5.74, 6) is -0.112. The largest absolute Gasteiger partial charge is 0.390 e. The fourth-order valence-corrected chi connectivity index (χ4v) is 5.04. The first kappa shape index (κ1) is 24.2. The minimum absolute atomic E-state index is 0.0171. The Morgan fingerprint density at radius 2 is 1.79 bits per heavy atom. The summed E-state index contributed by atoms with van der Waals surface area (Å²) in [6.07, 6.45) is 0.0749. The van der Waals surface area contributed by atoms with Gasteiger partial charge in [-0.3, -0.25) is 9.59 Å². The molecule has 7 heteroatoms. The highest BCUT2D eigenvalue weighted by Gasteiger charge is 2.31. The van der Waals surface area contributed by atoms with Gasteiger partial charge in [0, 0.05) is 57.4 Å². The summed E-state index contributed by atoms with van der Waals surface area (Å²) in [6, 6.07) is 13.6. The molecule has 0 bridgehead atoms. The van der Waals surface area contributed by atoms with Crippen molar-refractivity contribution in [2.24, 2.45) is 0 Å². The third kappa shape index (κ3) is 4.81. The zero-order valence-corrected chi connectivity index (χ0v) is 20.5. The second-order valence-corrected chi connectivity index (χ2v) is 9.07. The summed E-state index contributed by atoms with van der Waals surface area (Å²) in [5.41, 5.74) is 4.50. The molecule has 0 saturated heterocycles. The molecule has 4 rings (SSSR count). The summed E-state index contributed by atoms with van der Waals surface area (Å²) in [4.78, 5) is 32.1. The first-order chi connectivity index (χ1) is 16.5. The Morgan fingerprint density at radius 1 is 1.09 bits per heavy atom. The Balaban J connectivity index is 1.53. The number of benzene rings is 2. The van der Waals surface area contributed by atoms with Crippen molar-refractivity contribution >= 4 is 17.5 Å². The van der Waals surface area contributed by atoms with E-state index >= 15 is 0 Å². The number of carbonyl (C=O) groups is 2. The van der Waals surface area contributed by atoms with Crippen molar-refractivity contribution in [2.45, 2.75) is 45.9 Å². The van der Waals surface area contributed by atoms with Crippen LogP contribution < -0.4 is 10.2 Å². The van der Waals surface area contributed by atoms with Crippen LogP contribution in [0.5, 0.6) is 0 Å². The maximum Gasteiger partial charge on any atom is 0.256 e. The summed E-state index contributed by atoms with van der Waals surface area (Å²) in [6.45, 7) is 10.2. The van der Waals surface area contributed by atoms with E-state index in [-0.39, 0.29) is 24.4 Å². The number of aliphatic hydroxyl groups excluding tert-OH is 1. The molecule has 2 N–H and O–H groups in total. The fourth-order valence-electron chi connectivity index (χ4n) is 5.04. The molecule has 34 heavy (non-hydrogen) atoms. The van der Waals surface area contributed by atoms with E-state index in [0.29, 0.717) is 37.3 Å². The quantitative estimate of drug-likeness (QED) is 0.659. The number of hydrogen-bond acceptors (Lipinski definition) is 5. The van der Waals surface area contributed by atoms with E-state index in [1.807, 2.05) is 32.0 Å². The number of fused-ring (bicyclic) bond motifs is 2. The molecule has 2 aliphatic heterocycles. The SMILES string of the molecule is CCN(CC)C(=O)c1ccc2c(c1)N(CC)CCN(C[C@@H](O)[C@@H]1Cc3ccccc3CN1)C2=O. The van der Waals surface area contributed by atoms with E-state index < -0.39 is 6.10 Å². The van der Waals surface area contributed by atoms with Crippen LogP contribution in [0.3, 0.4) is 0 Å². The van der Waals surface area contributed by atoms with Crippen LogP contribution in [-0.4, -0.2) is 78.1 Å². The molecule has 2 aliphatic rings. The second kappa shape index (κ2) is 10.6. The number of β-amino-alcohol motifs (C(OH)–C–C–N with tert-alkyl or cyclic N) is 1. The van der Waals surface area contributed by atoms with Crippen molar-refractivity contribution < 1.29 is 14.7 Å². The average molecular weight is 465 g/mol. The second-order valence-electron chi connectivity index (χ2n) is 9.07. The predicted molar refractivity (Wildman–Crippen MR) is 134 cm³/mol. The lowest BCUT2D eigenvalue weighted by Crippen LogP contribution is -2.50. The Hall–Kier alpha value is -2.90. The van der Waals surface area contributed by atoms with Crippen LogP contribution >= 0.6 is 0 Å². The van der Waals surface area contributed by atoms with Gasteiger partial charge < -0.3 is 25.1 Å². The van der Waals surface area contributed by atoms with Crippen LogP contribution in [0, 0.1) is 0 Å². The highest BCUT2D eigenvalue weighted by atomic mass is 16.3. The minimum Gasteiger partial charge on any atom is -0.390 e. The number of carbonyl (C=O) groups excluding carboxylic acids is 2. The topological polar surface area (TPSA) is 76.1 Å². The van der Waals surface area contributed by atoms with Gasteiger partial charge in [-0.1, -0.05) is 24.3 Å². The zero-order chi connectivity index (χ0) is 24.2. The number of hydrogen-bond donors (Lipinski definition) is 2. The number of rotatable bonds is 7. The molecule has 0 fully saturated rings. The molecule has 0 aromatic heterocycles. The van der Waals surface area contributed by atoms with Gasteiger partial charge in [0.2, 0.25) is 0 Å². The molecule has 0 saturated carbocycles. The van der Waals surface area contributed by atoms with Gasteiger partial charge in [0.1, 0.15) is 0 Å². The standard InChI is InChI=1S/C27H36N4O3/c1-4-29(5-2)26(33)20-11-12-22-24(16-20)30(6-3)13-14-31(27(22)34)18-25(32)23-15-19-9-7-8-10-21(19)17-28-23/h7-12,16,23,25,28,32H,4-6,13-15,17-18H2,1-3H3/t23-,25+/m0/s1. The predicted octanol–water partition coefficient (Wildman–Crippen LogP) is 2.53. The molecular formula is C27H36N4O3. The first-order valence-electron chi connectivity index (χ1n) is 12.4. The van der Waals surface area contributed by atoms with Crippen molar-refractivity contribution in [3.05, 3.63) is 64.7 Å². The van der Waals surface area contributed by atoms with Gasteiger partial charge in [-0.05, 0) is 56.5 Å². The molecule has 2 heterocycles. The summed E-state index contributed by atoms with van der Waals surface area (Å²) < 4.78 is 0. The molecule has 0 spiro atoms. The smallest absolute Gasteiger partial charge is 0.256 e. The van der Waals surface area contributed by atoms with Crippen LogP contribution in [-0.2, 0) is 13.0 Å². The van der Waals surface area contributed by atoms with Gasteiger partial charge in [0.05, 0.1) is 17.4 Å². The van der Waals surface area contributed by atoms with Crippen LogP contribution in [0.2, 0.25) is 0 Å². The molecule has 0 aliphatic carbocycles. The van der Waals surface area contributed by atoms with Crippen molar-refractivity contribution in [1.82, 2.24) is 15.1 Å². The number of anilines is 1. The molecule has 0 unspecified atom stereocenters. The normalized spacial score (nSPS) is 18.7. The molecule has 7 nitrogen and oxygen atoms in total. The van der Waals surface area contributed by atoms with E-state index in [4.69, 9.17) is 0 Å². The fraction of sp³-hybridized carbons (Fsp3) is 0.481. The Morgan fingerprint density at radius 3 is 2.50 bits per heavy atom. The third-order valence-corrected chi connectivity index (χ3v) is 7.16. The maximum atomic E-state index is 13.5. The van der Waals surface area contributed by atoms with Crippen LogP contribution in [0.4, 0.5) is 5.69 Å². The van der Waals surface area contributed by atoms with E-state index in [1.165, 1.54) is 11.1 Å². The average Bonchev–Trinajstić information content (AvgIpc) is 3.00. The van der Waals surface area contributed by atoms with Crippen molar-refractivity contribution in [1.29, 1.82) is 0 Å².